The molecule has 1 saturated heterocycles. The first kappa shape index (κ1) is 27.9. The second-order valence-electron chi connectivity index (χ2n) is 8.14. The quantitative estimate of drug-likeness (QED) is 0.176. The second-order valence-corrected chi connectivity index (χ2v) is 8.14. The average molecular weight is 503 g/mol. The van der Waals surface area contributed by atoms with Crippen LogP contribution in [0, 0.1) is 11.7 Å². The van der Waals surface area contributed by atoms with Crippen molar-refractivity contribution >= 4 is 23.5 Å². The van der Waals surface area contributed by atoms with Gasteiger partial charge in [0.2, 0.25) is 0 Å². The molecule has 2 amide bonds. The maximum atomic E-state index is 13.1. The molecule has 0 spiro atoms. The van der Waals surface area contributed by atoms with E-state index in [1.165, 1.54) is 35.4 Å². The Kier molecular flexibility index (Phi) is 9.87. The van der Waals surface area contributed by atoms with Crippen LogP contribution in [-0.2, 0) is 9.53 Å². The van der Waals surface area contributed by atoms with E-state index in [0.29, 0.717) is 31.5 Å². The number of nitrogens with zero attached hydrogens (tertiary/aromatic N) is 2. The van der Waals surface area contributed by atoms with Crippen LogP contribution < -0.4 is 22.5 Å². The van der Waals surface area contributed by atoms with Crippen molar-refractivity contribution in [3.63, 3.8) is 0 Å². The lowest BCUT2D eigenvalue weighted by Gasteiger charge is -2.36. The molecule has 0 saturated carbocycles. The van der Waals surface area contributed by atoms with Crippen LogP contribution >= 0.6 is 0 Å². The van der Waals surface area contributed by atoms with E-state index in [-0.39, 0.29) is 36.5 Å². The predicted molar refractivity (Wildman–Crippen MR) is 122 cm³/mol. The minimum absolute atomic E-state index is 0.00304. The molecule has 0 radical (unpaired) electrons. The number of nitrogens with two attached hydrogens (primary N) is 3. The largest absolute Gasteiger partial charge is 0.437 e. The number of piperidine rings is 1. The number of nitrogens with one attached hydrogen (secondary N) is 1. The van der Waals surface area contributed by atoms with Gasteiger partial charge in [0.25, 0.3) is 5.91 Å². The van der Waals surface area contributed by atoms with Crippen molar-refractivity contribution in [3.05, 3.63) is 41.9 Å². The molecule has 1 heterocycles. The van der Waals surface area contributed by atoms with Crippen LogP contribution in [0.1, 0.15) is 26.2 Å². The highest BCUT2D eigenvalue weighted by Gasteiger charge is 2.40. The monoisotopic (exact) mass is 502 g/mol. The van der Waals surface area contributed by atoms with E-state index in [2.05, 4.69) is 15.0 Å². The minimum Gasteiger partial charge on any atom is -0.437 e. The number of amides is 2. The molecule has 13 heteroatoms. The number of rotatable bonds is 9. The molecule has 1 aliphatic rings. The van der Waals surface area contributed by atoms with Gasteiger partial charge in [-0.2, -0.15) is 13.2 Å². The van der Waals surface area contributed by atoms with Crippen molar-refractivity contribution in [3.8, 4) is 0 Å². The van der Waals surface area contributed by atoms with Crippen molar-refractivity contribution in [1.29, 1.82) is 0 Å². The second kappa shape index (κ2) is 12.4. The first-order valence-corrected chi connectivity index (χ1v) is 11.0. The van der Waals surface area contributed by atoms with Gasteiger partial charge in [0.05, 0.1) is 11.3 Å². The topological polar surface area (TPSA) is 149 Å². The van der Waals surface area contributed by atoms with Crippen LogP contribution in [0.25, 0.3) is 0 Å². The molecule has 1 fully saturated rings. The fraction of sp³-hybridized carbons (Fsp3) is 0.500. The molecule has 7 N–H and O–H groups in total. The molecule has 1 aromatic carbocycles. The highest BCUT2D eigenvalue weighted by Crippen LogP contribution is 2.26. The standard InChI is InChI=1S/C22H30F4N6O3/c1-13(22(24,25)26)35-21(34)32-10-7-14(8-11-32)18(6-9-27)30-12-17(20(29)33)19(28)31-16-4-2-15(23)3-5-16/h2-5,12-14,18,30H,6-11,27H2,1H3,(H2,28,31)(H2,29,33)/b17-12+/t13?,18-/m0/s1. The molecule has 0 bridgehead atoms. The summed E-state index contributed by atoms with van der Waals surface area (Å²) < 4.78 is 55.5. The van der Waals surface area contributed by atoms with E-state index in [4.69, 9.17) is 17.2 Å². The van der Waals surface area contributed by atoms with Gasteiger partial charge < -0.3 is 32.2 Å². The number of carbonyl (C=O) groups excluding carboxylic acids is 2. The number of amidine groups is 1. The number of carbonyl (C=O) groups is 2. The average Bonchev–Trinajstić information content (AvgIpc) is 2.79. The molecule has 2 rings (SSSR count). The Labute approximate surface area is 200 Å². The molecule has 1 aliphatic heterocycles. The Balaban J connectivity index is 2.04. The minimum atomic E-state index is -4.63. The smallest absolute Gasteiger partial charge is 0.425 e. The zero-order chi connectivity index (χ0) is 26.2. The number of hydrogen-bond acceptors (Lipinski definition) is 6. The van der Waals surface area contributed by atoms with Crippen LogP contribution in [0.15, 0.2) is 41.0 Å². The SMILES string of the molecule is CC(OC(=O)N1CCC([C@H](CCN)N/C=C(/C(N)=O)C(N)=Nc2ccc(F)cc2)CC1)C(F)(F)F. The van der Waals surface area contributed by atoms with E-state index in [1.807, 2.05) is 0 Å². The number of hydrogen-bond donors (Lipinski definition) is 4. The number of benzene rings is 1. The van der Waals surface area contributed by atoms with Gasteiger partial charge in [-0.15, -0.1) is 0 Å². The first-order valence-electron chi connectivity index (χ1n) is 11.0. The van der Waals surface area contributed by atoms with Crippen LogP contribution in [-0.4, -0.2) is 60.7 Å². The highest BCUT2D eigenvalue weighted by molar-refractivity contribution is 6.20. The van der Waals surface area contributed by atoms with E-state index in [9.17, 15) is 27.2 Å². The van der Waals surface area contributed by atoms with Gasteiger partial charge in [-0.05, 0) is 62.9 Å². The molecule has 1 unspecified atom stereocenters. The number of aliphatic imine (C=N–C) groups is 1. The summed E-state index contributed by atoms with van der Waals surface area (Å²) in [6.07, 6.45) is -5.03. The maximum Gasteiger partial charge on any atom is 0.425 e. The zero-order valence-corrected chi connectivity index (χ0v) is 19.2. The van der Waals surface area contributed by atoms with Crippen molar-refractivity contribution in [2.24, 2.45) is 28.1 Å². The van der Waals surface area contributed by atoms with Gasteiger partial charge in [-0.25, -0.2) is 14.2 Å². The summed E-state index contributed by atoms with van der Waals surface area (Å²) in [5.41, 5.74) is 17.3. The summed E-state index contributed by atoms with van der Waals surface area (Å²) >= 11 is 0. The molecule has 35 heavy (non-hydrogen) atoms. The lowest BCUT2D eigenvalue weighted by molar-refractivity contribution is -0.199. The lowest BCUT2D eigenvalue weighted by atomic mass is 9.87. The lowest BCUT2D eigenvalue weighted by Crippen LogP contribution is -2.46. The third-order valence-corrected chi connectivity index (χ3v) is 5.64. The normalized spacial score (nSPS) is 17.6. The van der Waals surface area contributed by atoms with Crippen LogP contribution in [0.3, 0.4) is 0 Å². The fourth-order valence-electron chi connectivity index (χ4n) is 3.59. The zero-order valence-electron chi connectivity index (χ0n) is 19.2. The molecular weight excluding hydrogens is 472 g/mol. The van der Waals surface area contributed by atoms with E-state index < -0.39 is 30.1 Å². The number of alkyl halides is 3. The van der Waals surface area contributed by atoms with Gasteiger partial charge in [-0.3, -0.25) is 4.79 Å². The Morgan fingerprint density at radius 2 is 1.83 bits per heavy atom. The summed E-state index contributed by atoms with van der Waals surface area (Å²) in [5, 5.41) is 3.10. The number of ether oxygens (including phenoxy) is 1. The van der Waals surface area contributed by atoms with Crippen LogP contribution in [0.4, 0.5) is 28.0 Å². The van der Waals surface area contributed by atoms with Crippen molar-refractivity contribution in [2.45, 2.75) is 44.5 Å². The maximum absolute atomic E-state index is 13.1. The van der Waals surface area contributed by atoms with Gasteiger partial charge in [0.15, 0.2) is 6.10 Å². The number of halogens is 4. The summed E-state index contributed by atoms with van der Waals surface area (Å²) in [7, 11) is 0. The van der Waals surface area contributed by atoms with Crippen LogP contribution in [0.5, 0.6) is 0 Å². The Morgan fingerprint density at radius 3 is 2.34 bits per heavy atom. The van der Waals surface area contributed by atoms with Gasteiger partial charge in [-0.1, -0.05) is 0 Å². The molecule has 1 aromatic rings. The Bertz CT molecular complexity index is 928. The van der Waals surface area contributed by atoms with Gasteiger partial charge >= 0.3 is 12.3 Å². The predicted octanol–water partition coefficient (Wildman–Crippen LogP) is 2.29. The fourth-order valence-corrected chi connectivity index (χ4v) is 3.59. The summed E-state index contributed by atoms with van der Waals surface area (Å²) in [5.74, 6) is -1.44. The van der Waals surface area contributed by atoms with Crippen molar-refractivity contribution in [1.82, 2.24) is 10.2 Å². The molecule has 9 nitrogen and oxygen atoms in total. The molecular formula is C22H30F4N6O3. The van der Waals surface area contributed by atoms with E-state index >= 15 is 0 Å². The Morgan fingerprint density at radius 1 is 1.23 bits per heavy atom. The third-order valence-electron chi connectivity index (χ3n) is 5.64. The summed E-state index contributed by atoms with van der Waals surface area (Å²) in [4.78, 5) is 29.3. The molecule has 194 valence electrons. The number of primary amides is 1. The van der Waals surface area contributed by atoms with E-state index in [0.717, 1.165) is 6.92 Å². The van der Waals surface area contributed by atoms with E-state index in [1.54, 1.807) is 0 Å². The number of likely N-dealkylation sites (tertiary alicyclic amines) is 1. The first-order chi connectivity index (χ1) is 16.4. The van der Waals surface area contributed by atoms with Gasteiger partial charge in [0, 0.05) is 25.3 Å². The molecule has 2 atom stereocenters. The summed E-state index contributed by atoms with van der Waals surface area (Å²) in [6.45, 7) is 1.51. The third kappa shape index (κ3) is 8.42. The van der Waals surface area contributed by atoms with Crippen molar-refractivity contribution in [2.75, 3.05) is 19.6 Å². The Hall–Kier alpha value is -3.35. The molecule has 0 aliphatic carbocycles. The summed E-state index contributed by atoms with van der Waals surface area (Å²) in [6, 6.07) is 4.95. The highest BCUT2D eigenvalue weighted by atomic mass is 19.4. The van der Waals surface area contributed by atoms with Gasteiger partial charge in [0.1, 0.15) is 11.7 Å². The van der Waals surface area contributed by atoms with Crippen LogP contribution in [0.2, 0.25) is 0 Å². The molecule has 0 aromatic heterocycles. The van der Waals surface area contributed by atoms with Crippen molar-refractivity contribution < 1.29 is 31.9 Å².